The summed E-state index contributed by atoms with van der Waals surface area (Å²) >= 11 is 11.5. The van der Waals surface area contributed by atoms with Gasteiger partial charge >= 0.3 is 0 Å². The fraction of sp³-hybridized carbons (Fsp3) is 0.133. The minimum atomic E-state index is -0.265. The van der Waals surface area contributed by atoms with E-state index in [0.717, 1.165) is 11.2 Å². The first kappa shape index (κ1) is 14.1. The zero-order chi connectivity index (χ0) is 15.1. The van der Waals surface area contributed by atoms with Crippen LogP contribution in [0.1, 0.15) is 5.56 Å². The largest absolute Gasteiger partial charge is 0.495 e. The number of ether oxygens (including phenoxy) is 1. The van der Waals surface area contributed by atoms with Crippen LogP contribution in [0.4, 0.5) is 4.39 Å². The second-order valence-corrected chi connectivity index (χ2v) is 5.50. The molecule has 0 unspecified atom stereocenters. The number of nitrogens with zero attached hydrogens (tertiary/aromatic N) is 1. The maximum Gasteiger partial charge on any atom is 0.182 e. The molecule has 0 spiro atoms. The highest BCUT2D eigenvalue weighted by atomic mass is 35.5. The molecule has 6 heteroatoms. The summed E-state index contributed by atoms with van der Waals surface area (Å²) in [5, 5.41) is 0.491. The number of methoxy groups -OCH3 is 1. The summed E-state index contributed by atoms with van der Waals surface area (Å²) in [5.41, 5.74) is 2.81. The highest BCUT2D eigenvalue weighted by Crippen LogP contribution is 2.29. The van der Waals surface area contributed by atoms with Gasteiger partial charge in [0, 0.05) is 0 Å². The van der Waals surface area contributed by atoms with E-state index in [2.05, 4.69) is 4.98 Å². The molecule has 0 amide bonds. The number of aryl methyl sites for hydroxylation is 1. The summed E-state index contributed by atoms with van der Waals surface area (Å²) in [6.07, 6.45) is 0. The molecule has 0 aliphatic heterocycles. The molecule has 21 heavy (non-hydrogen) atoms. The fourth-order valence-corrected chi connectivity index (χ4v) is 2.85. The Morgan fingerprint density at radius 3 is 2.71 bits per heavy atom. The van der Waals surface area contributed by atoms with Crippen molar-refractivity contribution in [2.45, 2.75) is 6.92 Å². The monoisotopic (exact) mass is 322 g/mol. The summed E-state index contributed by atoms with van der Waals surface area (Å²) in [6, 6.07) is 8.60. The summed E-state index contributed by atoms with van der Waals surface area (Å²) in [6.45, 7) is 1.72. The highest BCUT2D eigenvalue weighted by Gasteiger charge is 2.11. The molecule has 3 rings (SSSR count). The number of aromatic amines is 1. The maximum absolute atomic E-state index is 13.7. The van der Waals surface area contributed by atoms with Crippen LogP contribution >= 0.6 is 23.8 Å². The molecule has 0 fully saturated rings. The standard InChI is InChI=1S/C15H12ClFN2OS/c1-8-5-13-12(7-11(8)17)18-15(21)19(13)9-3-4-14(20-2)10(16)6-9/h3-7H,1-2H3,(H,18,21). The van der Waals surface area contributed by atoms with Crippen LogP contribution in [0.2, 0.25) is 5.02 Å². The Balaban J connectivity index is 2.29. The van der Waals surface area contributed by atoms with Crippen molar-refractivity contribution in [1.82, 2.24) is 9.55 Å². The van der Waals surface area contributed by atoms with Crippen molar-refractivity contribution in [2.75, 3.05) is 7.11 Å². The average Bonchev–Trinajstić information content (AvgIpc) is 2.74. The van der Waals surface area contributed by atoms with Crippen molar-refractivity contribution in [3.05, 3.63) is 51.5 Å². The number of H-pyrrole nitrogens is 1. The Morgan fingerprint density at radius 1 is 1.29 bits per heavy atom. The third-order valence-corrected chi connectivity index (χ3v) is 3.94. The molecule has 1 aromatic heterocycles. The molecule has 0 aliphatic rings. The predicted octanol–water partition coefficient (Wildman–Crippen LogP) is 4.80. The van der Waals surface area contributed by atoms with Crippen LogP contribution in [-0.2, 0) is 0 Å². The Morgan fingerprint density at radius 2 is 2.05 bits per heavy atom. The summed E-state index contributed by atoms with van der Waals surface area (Å²) in [4.78, 5) is 3.01. The number of fused-ring (bicyclic) bond motifs is 1. The molecular weight excluding hydrogens is 311 g/mol. The van der Waals surface area contributed by atoms with Crippen molar-refractivity contribution in [3.63, 3.8) is 0 Å². The molecule has 0 atom stereocenters. The van der Waals surface area contributed by atoms with E-state index in [-0.39, 0.29) is 5.82 Å². The van der Waals surface area contributed by atoms with Crippen LogP contribution in [0.15, 0.2) is 30.3 Å². The lowest BCUT2D eigenvalue weighted by atomic mass is 10.2. The Labute approximate surface area is 130 Å². The van der Waals surface area contributed by atoms with Gasteiger partial charge in [-0.25, -0.2) is 4.39 Å². The van der Waals surface area contributed by atoms with Crippen molar-refractivity contribution < 1.29 is 9.13 Å². The van der Waals surface area contributed by atoms with Gasteiger partial charge in [0.1, 0.15) is 11.6 Å². The first-order chi connectivity index (χ1) is 10.0. The third-order valence-electron chi connectivity index (χ3n) is 3.36. The minimum absolute atomic E-state index is 0.265. The quantitative estimate of drug-likeness (QED) is 0.687. The van der Waals surface area contributed by atoms with Gasteiger partial charge in [0.2, 0.25) is 0 Å². The lowest BCUT2D eigenvalue weighted by Crippen LogP contribution is -1.95. The highest BCUT2D eigenvalue weighted by molar-refractivity contribution is 7.71. The van der Waals surface area contributed by atoms with Gasteiger partial charge in [-0.1, -0.05) is 11.6 Å². The number of imidazole rings is 1. The van der Waals surface area contributed by atoms with Gasteiger partial charge in [-0.2, -0.15) is 0 Å². The van der Waals surface area contributed by atoms with E-state index < -0.39 is 0 Å². The molecule has 0 saturated heterocycles. The van der Waals surface area contributed by atoms with Gasteiger partial charge in [0.05, 0.1) is 28.9 Å². The zero-order valence-electron chi connectivity index (χ0n) is 11.4. The summed E-state index contributed by atoms with van der Waals surface area (Å²) in [5.74, 6) is 0.327. The van der Waals surface area contributed by atoms with Crippen molar-refractivity contribution in [2.24, 2.45) is 0 Å². The number of nitrogens with one attached hydrogen (secondary N) is 1. The van der Waals surface area contributed by atoms with Crippen molar-refractivity contribution >= 4 is 34.9 Å². The number of aromatic nitrogens is 2. The van der Waals surface area contributed by atoms with Crippen LogP contribution in [0, 0.1) is 17.5 Å². The molecule has 0 saturated carbocycles. The molecule has 1 heterocycles. The summed E-state index contributed by atoms with van der Waals surface area (Å²) in [7, 11) is 1.56. The SMILES string of the molecule is COc1ccc(-n2c(=S)[nH]c3cc(F)c(C)cc32)cc1Cl. The van der Waals surface area contributed by atoms with Crippen LogP contribution < -0.4 is 4.74 Å². The molecular formula is C15H12ClFN2OS. The number of hydrogen-bond donors (Lipinski definition) is 1. The topological polar surface area (TPSA) is 29.9 Å². The first-order valence-corrected chi connectivity index (χ1v) is 7.04. The van der Waals surface area contributed by atoms with E-state index in [9.17, 15) is 4.39 Å². The lowest BCUT2D eigenvalue weighted by molar-refractivity contribution is 0.415. The summed E-state index contributed by atoms with van der Waals surface area (Å²) < 4.78 is 21.1. The molecule has 0 radical (unpaired) electrons. The van der Waals surface area contributed by atoms with Gasteiger partial charge < -0.3 is 9.72 Å². The Hall–Kier alpha value is -1.85. The van der Waals surface area contributed by atoms with E-state index in [1.807, 2.05) is 10.6 Å². The number of rotatable bonds is 2. The lowest BCUT2D eigenvalue weighted by Gasteiger charge is -2.08. The average molecular weight is 323 g/mol. The van der Waals surface area contributed by atoms with E-state index in [0.29, 0.717) is 26.6 Å². The van der Waals surface area contributed by atoms with Crippen LogP contribution in [0.25, 0.3) is 16.7 Å². The van der Waals surface area contributed by atoms with E-state index in [1.165, 1.54) is 6.07 Å². The molecule has 3 aromatic rings. The third kappa shape index (κ3) is 2.32. The number of benzene rings is 2. The second-order valence-electron chi connectivity index (χ2n) is 4.70. The van der Waals surface area contributed by atoms with Crippen LogP contribution in [0.5, 0.6) is 5.75 Å². The second kappa shape index (κ2) is 5.16. The minimum Gasteiger partial charge on any atom is -0.495 e. The molecule has 0 aliphatic carbocycles. The normalized spacial score (nSPS) is 11.0. The number of halogens is 2. The first-order valence-electron chi connectivity index (χ1n) is 6.26. The molecule has 2 aromatic carbocycles. The maximum atomic E-state index is 13.7. The zero-order valence-corrected chi connectivity index (χ0v) is 13.0. The Bertz CT molecular complexity index is 901. The van der Waals surface area contributed by atoms with E-state index in [4.69, 9.17) is 28.6 Å². The molecule has 3 nitrogen and oxygen atoms in total. The van der Waals surface area contributed by atoms with E-state index in [1.54, 1.807) is 32.2 Å². The van der Waals surface area contributed by atoms with Crippen molar-refractivity contribution in [3.8, 4) is 11.4 Å². The molecule has 108 valence electrons. The van der Waals surface area contributed by atoms with E-state index >= 15 is 0 Å². The number of hydrogen-bond acceptors (Lipinski definition) is 2. The fourth-order valence-electron chi connectivity index (χ4n) is 2.28. The smallest absolute Gasteiger partial charge is 0.182 e. The van der Waals surface area contributed by atoms with Crippen LogP contribution in [0.3, 0.4) is 0 Å². The van der Waals surface area contributed by atoms with Crippen LogP contribution in [-0.4, -0.2) is 16.7 Å². The van der Waals surface area contributed by atoms with Gasteiger partial charge in [-0.05, 0) is 55.0 Å². The van der Waals surface area contributed by atoms with Gasteiger partial charge in [-0.3, -0.25) is 4.57 Å². The molecule has 0 bridgehead atoms. The molecule has 1 N–H and O–H groups in total. The van der Waals surface area contributed by atoms with Gasteiger partial charge in [-0.15, -0.1) is 0 Å². The van der Waals surface area contributed by atoms with Crippen molar-refractivity contribution in [1.29, 1.82) is 0 Å². The Kier molecular flexibility index (Phi) is 3.47. The van der Waals surface area contributed by atoms with Gasteiger partial charge in [0.15, 0.2) is 4.77 Å². The van der Waals surface area contributed by atoms with Gasteiger partial charge in [0.25, 0.3) is 0 Å². The predicted molar refractivity (Wildman–Crippen MR) is 84.7 cm³/mol.